The van der Waals surface area contributed by atoms with E-state index in [0.717, 1.165) is 12.2 Å². The lowest BCUT2D eigenvalue weighted by Crippen LogP contribution is -2.37. The monoisotopic (exact) mass is 282 g/mol. The molecule has 0 saturated heterocycles. The van der Waals surface area contributed by atoms with Gasteiger partial charge in [-0.15, -0.1) is 0 Å². The molecule has 0 spiro atoms. The Labute approximate surface area is 126 Å². The summed E-state index contributed by atoms with van der Waals surface area (Å²) in [6, 6.07) is 17.5. The van der Waals surface area contributed by atoms with Crippen molar-refractivity contribution in [2.75, 3.05) is 18.6 Å². The van der Waals surface area contributed by atoms with Gasteiger partial charge in [0, 0.05) is 18.3 Å². The Morgan fingerprint density at radius 2 is 2.05 bits per heavy atom. The average Bonchev–Trinajstić information content (AvgIpc) is 2.85. The van der Waals surface area contributed by atoms with Crippen molar-refractivity contribution in [2.24, 2.45) is 5.73 Å². The van der Waals surface area contributed by atoms with E-state index in [4.69, 9.17) is 10.5 Å². The summed E-state index contributed by atoms with van der Waals surface area (Å²) in [5.41, 5.74) is 10.0. The Morgan fingerprint density at radius 1 is 1.24 bits per heavy atom. The summed E-state index contributed by atoms with van der Waals surface area (Å²) in [7, 11) is 1.70. The molecule has 1 heterocycles. The van der Waals surface area contributed by atoms with Crippen LogP contribution in [0.4, 0.5) is 5.69 Å². The van der Waals surface area contributed by atoms with Gasteiger partial charge >= 0.3 is 0 Å². The lowest BCUT2D eigenvalue weighted by atomic mass is 10.0. The van der Waals surface area contributed by atoms with Crippen LogP contribution in [-0.2, 0) is 6.42 Å². The van der Waals surface area contributed by atoms with Gasteiger partial charge in [-0.05, 0) is 42.7 Å². The molecule has 0 amide bonds. The van der Waals surface area contributed by atoms with Crippen LogP contribution in [0.1, 0.15) is 24.1 Å². The number of nitrogens with two attached hydrogens (primary N) is 1. The predicted octanol–water partition coefficient (Wildman–Crippen LogP) is 3.15. The Morgan fingerprint density at radius 3 is 2.81 bits per heavy atom. The smallest absolute Gasteiger partial charge is 0.119 e. The molecular weight excluding hydrogens is 260 g/mol. The molecule has 0 fully saturated rings. The molecule has 0 radical (unpaired) electrons. The Kier molecular flexibility index (Phi) is 3.84. The SMILES string of the molecule is COc1cccc(C(CN)N2c3ccccc3CC2C)c1. The largest absolute Gasteiger partial charge is 0.497 e. The molecule has 1 aliphatic rings. The van der Waals surface area contributed by atoms with Gasteiger partial charge < -0.3 is 15.4 Å². The van der Waals surface area contributed by atoms with Crippen LogP contribution in [0.3, 0.4) is 0 Å². The molecule has 0 bridgehead atoms. The van der Waals surface area contributed by atoms with E-state index >= 15 is 0 Å². The molecule has 0 aromatic heterocycles. The van der Waals surface area contributed by atoms with Crippen LogP contribution in [0, 0.1) is 0 Å². The number of ether oxygens (including phenoxy) is 1. The quantitative estimate of drug-likeness (QED) is 0.936. The average molecular weight is 282 g/mol. The summed E-state index contributed by atoms with van der Waals surface area (Å²) in [5, 5.41) is 0. The first-order chi connectivity index (χ1) is 10.2. The zero-order valence-electron chi connectivity index (χ0n) is 12.6. The third-order valence-corrected chi connectivity index (χ3v) is 4.30. The number of nitrogens with zero attached hydrogens (tertiary/aromatic N) is 1. The highest BCUT2D eigenvalue weighted by atomic mass is 16.5. The van der Waals surface area contributed by atoms with Crippen molar-refractivity contribution in [2.45, 2.75) is 25.4 Å². The van der Waals surface area contributed by atoms with Crippen molar-refractivity contribution in [1.82, 2.24) is 0 Å². The van der Waals surface area contributed by atoms with E-state index in [1.807, 2.05) is 12.1 Å². The van der Waals surface area contributed by atoms with Crippen molar-refractivity contribution in [1.29, 1.82) is 0 Å². The molecule has 2 aromatic rings. The van der Waals surface area contributed by atoms with Gasteiger partial charge in [-0.2, -0.15) is 0 Å². The summed E-state index contributed by atoms with van der Waals surface area (Å²) in [6.07, 6.45) is 1.08. The maximum Gasteiger partial charge on any atom is 0.119 e. The molecule has 0 saturated carbocycles. The van der Waals surface area contributed by atoms with Crippen LogP contribution in [0.15, 0.2) is 48.5 Å². The van der Waals surface area contributed by atoms with Crippen LogP contribution in [-0.4, -0.2) is 19.7 Å². The van der Waals surface area contributed by atoms with Crippen molar-refractivity contribution < 1.29 is 4.74 Å². The number of para-hydroxylation sites is 1. The second-order valence-electron chi connectivity index (χ2n) is 5.62. The first kappa shape index (κ1) is 14.0. The number of methoxy groups -OCH3 is 1. The molecule has 3 nitrogen and oxygen atoms in total. The predicted molar refractivity (Wildman–Crippen MR) is 86.9 cm³/mol. The van der Waals surface area contributed by atoms with Crippen molar-refractivity contribution in [3.05, 3.63) is 59.7 Å². The minimum Gasteiger partial charge on any atom is -0.497 e. The van der Waals surface area contributed by atoms with E-state index in [-0.39, 0.29) is 6.04 Å². The van der Waals surface area contributed by atoms with E-state index in [9.17, 15) is 0 Å². The Bertz CT molecular complexity index is 626. The lowest BCUT2D eigenvalue weighted by molar-refractivity contribution is 0.413. The van der Waals surface area contributed by atoms with Gasteiger partial charge in [0.2, 0.25) is 0 Å². The van der Waals surface area contributed by atoms with Gasteiger partial charge in [0.05, 0.1) is 13.2 Å². The zero-order chi connectivity index (χ0) is 14.8. The number of anilines is 1. The molecule has 21 heavy (non-hydrogen) atoms. The highest BCUT2D eigenvalue weighted by molar-refractivity contribution is 5.61. The Balaban J connectivity index is 2.00. The van der Waals surface area contributed by atoms with Gasteiger partial charge in [0.15, 0.2) is 0 Å². The highest BCUT2D eigenvalue weighted by Gasteiger charge is 2.31. The standard InChI is InChI=1S/C18H22N2O/c1-13-10-14-6-3-4-9-17(14)20(13)18(12-19)15-7-5-8-16(11-15)21-2/h3-9,11,13,18H,10,12,19H2,1-2H3. The van der Waals surface area contributed by atoms with Gasteiger partial charge in [-0.3, -0.25) is 0 Å². The van der Waals surface area contributed by atoms with Crippen LogP contribution in [0.25, 0.3) is 0 Å². The fraction of sp³-hybridized carbons (Fsp3) is 0.333. The van der Waals surface area contributed by atoms with Crippen molar-refractivity contribution in [3.8, 4) is 5.75 Å². The lowest BCUT2D eigenvalue weighted by Gasteiger charge is -2.34. The zero-order valence-corrected chi connectivity index (χ0v) is 12.6. The minimum absolute atomic E-state index is 0.179. The van der Waals surface area contributed by atoms with Gasteiger partial charge in [0.1, 0.15) is 5.75 Å². The molecule has 0 aliphatic carbocycles. The van der Waals surface area contributed by atoms with Gasteiger partial charge in [-0.25, -0.2) is 0 Å². The van der Waals surface area contributed by atoms with Crippen molar-refractivity contribution in [3.63, 3.8) is 0 Å². The number of hydrogen-bond donors (Lipinski definition) is 1. The van der Waals surface area contributed by atoms with E-state index in [0.29, 0.717) is 12.6 Å². The number of rotatable bonds is 4. The van der Waals surface area contributed by atoms with E-state index in [1.165, 1.54) is 16.8 Å². The van der Waals surface area contributed by atoms with Gasteiger partial charge in [-0.1, -0.05) is 30.3 Å². The normalized spacial score (nSPS) is 18.4. The maximum atomic E-state index is 6.11. The fourth-order valence-corrected chi connectivity index (χ4v) is 3.32. The molecule has 1 aliphatic heterocycles. The van der Waals surface area contributed by atoms with E-state index < -0.39 is 0 Å². The van der Waals surface area contributed by atoms with Crippen LogP contribution in [0.5, 0.6) is 5.75 Å². The van der Waals surface area contributed by atoms with E-state index in [1.54, 1.807) is 7.11 Å². The molecular formula is C18H22N2O. The molecule has 2 N–H and O–H groups in total. The van der Waals surface area contributed by atoms with Gasteiger partial charge in [0.25, 0.3) is 0 Å². The van der Waals surface area contributed by atoms with Crippen LogP contribution < -0.4 is 15.4 Å². The topological polar surface area (TPSA) is 38.5 Å². The van der Waals surface area contributed by atoms with Crippen LogP contribution >= 0.6 is 0 Å². The minimum atomic E-state index is 0.179. The molecule has 2 atom stereocenters. The van der Waals surface area contributed by atoms with E-state index in [2.05, 4.69) is 48.2 Å². The maximum absolute atomic E-state index is 6.11. The van der Waals surface area contributed by atoms with Crippen LogP contribution in [0.2, 0.25) is 0 Å². The molecule has 2 unspecified atom stereocenters. The number of fused-ring (bicyclic) bond motifs is 1. The Hall–Kier alpha value is -2.00. The fourth-order valence-electron chi connectivity index (χ4n) is 3.32. The number of hydrogen-bond acceptors (Lipinski definition) is 3. The summed E-state index contributed by atoms with van der Waals surface area (Å²) in [4.78, 5) is 2.45. The summed E-state index contributed by atoms with van der Waals surface area (Å²) in [5.74, 6) is 0.881. The summed E-state index contributed by atoms with van der Waals surface area (Å²) >= 11 is 0. The first-order valence-corrected chi connectivity index (χ1v) is 7.45. The second-order valence-corrected chi connectivity index (χ2v) is 5.62. The summed E-state index contributed by atoms with van der Waals surface area (Å²) in [6.45, 7) is 2.86. The third kappa shape index (κ3) is 2.49. The molecule has 110 valence electrons. The molecule has 2 aromatic carbocycles. The number of benzene rings is 2. The summed E-state index contributed by atoms with van der Waals surface area (Å²) < 4.78 is 5.35. The third-order valence-electron chi connectivity index (χ3n) is 4.30. The molecule has 3 rings (SSSR count). The van der Waals surface area contributed by atoms with Crippen molar-refractivity contribution >= 4 is 5.69 Å². The second kappa shape index (κ2) is 5.78. The molecule has 3 heteroatoms. The highest BCUT2D eigenvalue weighted by Crippen LogP contribution is 2.38. The first-order valence-electron chi connectivity index (χ1n) is 7.45.